The van der Waals surface area contributed by atoms with Crippen molar-refractivity contribution in [3.63, 3.8) is 0 Å². The van der Waals surface area contributed by atoms with Gasteiger partial charge in [0.05, 0.1) is 0 Å². The predicted molar refractivity (Wildman–Crippen MR) is 61.4 cm³/mol. The molecule has 1 aromatic rings. The van der Waals surface area contributed by atoms with Crippen LogP contribution in [0.2, 0.25) is 0 Å². The summed E-state index contributed by atoms with van der Waals surface area (Å²) in [5.74, 6) is -0.491. The van der Waals surface area contributed by atoms with Gasteiger partial charge in [-0.3, -0.25) is 14.9 Å². The van der Waals surface area contributed by atoms with Crippen LogP contribution in [-0.4, -0.2) is 28.2 Å². The number of benzene rings is 1. The van der Waals surface area contributed by atoms with Crippen LogP contribution in [0, 0.1) is 0 Å². The third kappa shape index (κ3) is 3.38. The molecule has 0 atom stereocenters. The Labute approximate surface area is 89.8 Å². The van der Waals surface area contributed by atoms with Crippen molar-refractivity contribution < 1.29 is 14.1 Å². The number of imide groups is 1. The molecule has 0 radical (unpaired) electrons. The van der Waals surface area contributed by atoms with Gasteiger partial charge >= 0.3 is 0 Å². The standard InChI is InChI=1S/C10H13NO3S/c1-15(2,14)10(13)11-9(12)8-6-4-3-5-7-8/h3-7,14H,1-2H3,(H,11,12,13). The average Bonchev–Trinajstić information content (AvgIpc) is 2.17. The highest BCUT2D eigenvalue weighted by atomic mass is 32.3. The topological polar surface area (TPSA) is 66.4 Å². The van der Waals surface area contributed by atoms with E-state index in [-0.39, 0.29) is 0 Å². The van der Waals surface area contributed by atoms with Crippen LogP contribution in [-0.2, 0) is 0 Å². The van der Waals surface area contributed by atoms with Crippen LogP contribution in [0.5, 0.6) is 0 Å². The number of rotatable bonds is 1. The van der Waals surface area contributed by atoms with Gasteiger partial charge in [-0.05, 0) is 24.6 Å². The molecule has 0 bridgehead atoms. The van der Waals surface area contributed by atoms with Gasteiger partial charge in [0.1, 0.15) is 0 Å². The van der Waals surface area contributed by atoms with Crippen molar-refractivity contribution in [2.24, 2.45) is 0 Å². The van der Waals surface area contributed by atoms with Gasteiger partial charge in [-0.25, -0.2) is 0 Å². The molecule has 5 heteroatoms. The van der Waals surface area contributed by atoms with Crippen LogP contribution in [0.4, 0.5) is 4.79 Å². The number of carbonyl (C=O) groups is 2. The number of nitrogens with one attached hydrogen (secondary N) is 1. The molecule has 0 saturated heterocycles. The fourth-order valence-corrected chi connectivity index (χ4v) is 1.22. The molecule has 0 unspecified atom stereocenters. The fourth-order valence-electron chi connectivity index (χ4n) is 0.879. The van der Waals surface area contributed by atoms with E-state index in [1.165, 1.54) is 12.5 Å². The minimum Gasteiger partial charge on any atom is -0.343 e. The first-order valence-electron chi connectivity index (χ1n) is 4.27. The Morgan fingerprint density at radius 1 is 1.20 bits per heavy atom. The summed E-state index contributed by atoms with van der Waals surface area (Å²) in [6.07, 6.45) is 2.81. The van der Waals surface area contributed by atoms with Gasteiger partial charge in [0.25, 0.3) is 11.1 Å². The quantitative estimate of drug-likeness (QED) is 0.771. The van der Waals surface area contributed by atoms with Gasteiger partial charge in [0.2, 0.25) is 0 Å². The third-order valence-corrected chi connectivity index (χ3v) is 2.71. The van der Waals surface area contributed by atoms with Gasteiger partial charge < -0.3 is 4.55 Å². The van der Waals surface area contributed by atoms with Crippen molar-refractivity contribution in [3.05, 3.63) is 35.9 Å². The second-order valence-electron chi connectivity index (χ2n) is 3.38. The van der Waals surface area contributed by atoms with Crippen LogP contribution < -0.4 is 5.32 Å². The Hall–Kier alpha value is -1.33. The van der Waals surface area contributed by atoms with E-state index in [9.17, 15) is 14.1 Å². The maximum absolute atomic E-state index is 11.5. The fraction of sp³-hybridized carbons (Fsp3) is 0.200. The Morgan fingerprint density at radius 2 is 1.73 bits per heavy atom. The van der Waals surface area contributed by atoms with Crippen LogP contribution in [0.25, 0.3) is 0 Å². The predicted octanol–water partition coefficient (Wildman–Crippen LogP) is 2.07. The Morgan fingerprint density at radius 3 is 2.20 bits per heavy atom. The maximum atomic E-state index is 11.5. The van der Waals surface area contributed by atoms with E-state index in [1.54, 1.807) is 30.3 Å². The summed E-state index contributed by atoms with van der Waals surface area (Å²) in [6.45, 7) is 0. The molecule has 1 aromatic carbocycles. The molecule has 0 aliphatic heterocycles. The minimum absolute atomic E-state index is 0.398. The van der Waals surface area contributed by atoms with Gasteiger partial charge in [-0.2, -0.15) is 0 Å². The van der Waals surface area contributed by atoms with Gasteiger partial charge in [0.15, 0.2) is 0 Å². The van der Waals surface area contributed by atoms with Gasteiger partial charge in [0, 0.05) is 5.56 Å². The first-order valence-corrected chi connectivity index (χ1v) is 6.68. The molecule has 0 aliphatic rings. The molecule has 0 spiro atoms. The second kappa shape index (κ2) is 4.46. The zero-order chi connectivity index (χ0) is 11.5. The summed E-state index contributed by atoms with van der Waals surface area (Å²) in [4.78, 5) is 22.8. The van der Waals surface area contributed by atoms with E-state index in [0.29, 0.717) is 5.56 Å². The van der Waals surface area contributed by atoms with Crippen molar-refractivity contribution in [1.82, 2.24) is 5.32 Å². The van der Waals surface area contributed by atoms with E-state index >= 15 is 0 Å². The van der Waals surface area contributed by atoms with E-state index in [4.69, 9.17) is 0 Å². The third-order valence-electron chi connectivity index (χ3n) is 1.71. The molecular formula is C10H13NO3S. The maximum Gasteiger partial charge on any atom is 0.290 e. The van der Waals surface area contributed by atoms with Crippen LogP contribution >= 0.6 is 10.3 Å². The number of amides is 2. The molecule has 2 N–H and O–H groups in total. The lowest BCUT2D eigenvalue weighted by Gasteiger charge is -2.20. The summed E-state index contributed by atoms with van der Waals surface area (Å²) in [5, 5.41) is 1.52. The first-order chi connectivity index (χ1) is 6.91. The SMILES string of the molecule is CS(C)(O)C(=O)NC(=O)c1ccccc1. The summed E-state index contributed by atoms with van der Waals surface area (Å²) in [5.41, 5.74) is 0.398. The molecule has 0 heterocycles. The van der Waals surface area contributed by atoms with E-state index in [0.717, 1.165) is 0 Å². The Bertz CT molecular complexity index is 370. The lowest BCUT2D eigenvalue weighted by Crippen LogP contribution is -2.32. The molecule has 4 nitrogen and oxygen atoms in total. The molecule has 0 aliphatic carbocycles. The molecular weight excluding hydrogens is 214 g/mol. The smallest absolute Gasteiger partial charge is 0.290 e. The minimum atomic E-state index is -2.38. The van der Waals surface area contributed by atoms with Crippen LogP contribution in [0.15, 0.2) is 30.3 Å². The second-order valence-corrected chi connectivity index (χ2v) is 6.30. The Balaban J connectivity index is 2.70. The lowest BCUT2D eigenvalue weighted by atomic mass is 10.2. The van der Waals surface area contributed by atoms with Gasteiger partial charge in [-0.15, -0.1) is 0 Å². The highest BCUT2D eigenvalue weighted by molar-refractivity contribution is 8.40. The van der Waals surface area contributed by atoms with Crippen molar-refractivity contribution >= 4 is 21.5 Å². The summed E-state index contributed by atoms with van der Waals surface area (Å²) in [7, 11) is -2.38. The average molecular weight is 227 g/mol. The van der Waals surface area contributed by atoms with Crippen molar-refractivity contribution in [1.29, 1.82) is 0 Å². The van der Waals surface area contributed by atoms with E-state index in [2.05, 4.69) is 5.32 Å². The highest BCUT2D eigenvalue weighted by Gasteiger charge is 2.20. The summed E-state index contributed by atoms with van der Waals surface area (Å²) >= 11 is 0. The van der Waals surface area contributed by atoms with Crippen LogP contribution in [0.1, 0.15) is 10.4 Å². The first kappa shape index (κ1) is 11.7. The zero-order valence-electron chi connectivity index (χ0n) is 8.56. The molecule has 2 amide bonds. The van der Waals surface area contributed by atoms with E-state index < -0.39 is 21.5 Å². The molecule has 82 valence electrons. The summed E-state index contributed by atoms with van der Waals surface area (Å²) < 4.78 is 9.40. The summed E-state index contributed by atoms with van der Waals surface area (Å²) in [6, 6.07) is 8.39. The number of carbonyl (C=O) groups excluding carboxylic acids is 2. The van der Waals surface area contributed by atoms with Gasteiger partial charge in [-0.1, -0.05) is 28.5 Å². The monoisotopic (exact) mass is 227 g/mol. The highest BCUT2D eigenvalue weighted by Crippen LogP contribution is 2.34. The zero-order valence-corrected chi connectivity index (χ0v) is 9.38. The molecule has 0 fully saturated rings. The number of hydrogen-bond acceptors (Lipinski definition) is 3. The van der Waals surface area contributed by atoms with Crippen molar-refractivity contribution in [3.8, 4) is 0 Å². The van der Waals surface area contributed by atoms with Crippen molar-refractivity contribution in [2.75, 3.05) is 12.5 Å². The Kier molecular flexibility index (Phi) is 3.49. The normalized spacial score (nSPS) is 11.9. The molecule has 1 rings (SSSR count). The van der Waals surface area contributed by atoms with E-state index in [1.807, 2.05) is 0 Å². The largest absolute Gasteiger partial charge is 0.343 e. The van der Waals surface area contributed by atoms with Crippen LogP contribution in [0.3, 0.4) is 0 Å². The number of hydrogen-bond donors (Lipinski definition) is 2. The lowest BCUT2D eigenvalue weighted by molar-refractivity contribution is 0.0969. The molecule has 0 aromatic heterocycles. The molecule has 0 saturated carbocycles. The molecule has 15 heavy (non-hydrogen) atoms. The van der Waals surface area contributed by atoms with Crippen molar-refractivity contribution in [2.45, 2.75) is 0 Å².